The van der Waals surface area contributed by atoms with Crippen LogP contribution in [0.3, 0.4) is 0 Å². The summed E-state index contributed by atoms with van der Waals surface area (Å²) in [4.78, 5) is 43.2. The van der Waals surface area contributed by atoms with Gasteiger partial charge in [-0.1, -0.05) is 11.6 Å². The Bertz CT molecular complexity index is 966. The van der Waals surface area contributed by atoms with Gasteiger partial charge in [-0.05, 0) is 22.0 Å². The third-order valence-corrected chi connectivity index (χ3v) is 4.76. The van der Waals surface area contributed by atoms with Crippen LogP contribution in [-0.4, -0.2) is 57.4 Å². The Balaban J connectivity index is 2.04. The van der Waals surface area contributed by atoms with E-state index in [0.29, 0.717) is 20.8 Å². The topological polar surface area (TPSA) is 119 Å². The minimum absolute atomic E-state index is 0.202. The average Bonchev–Trinajstić information content (AvgIpc) is 3.15. The fraction of sp³-hybridized carbons (Fsp3) is 0.471. The molecule has 29 heavy (non-hydrogen) atoms. The van der Waals surface area contributed by atoms with E-state index in [-0.39, 0.29) is 6.61 Å². The third kappa shape index (κ3) is 4.68. The maximum absolute atomic E-state index is 11.7. The van der Waals surface area contributed by atoms with Crippen molar-refractivity contribution in [3.8, 4) is 0 Å². The molecule has 12 heteroatoms. The summed E-state index contributed by atoms with van der Waals surface area (Å²) >= 11 is 9.49. The summed E-state index contributed by atoms with van der Waals surface area (Å²) in [6.45, 7) is 3.47. The zero-order valence-corrected chi connectivity index (χ0v) is 18.0. The van der Waals surface area contributed by atoms with Crippen molar-refractivity contribution >= 4 is 56.6 Å². The number of fused-ring (bicyclic) bond motifs is 1. The molecule has 1 aliphatic heterocycles. The highest BCUT2D eigenvalue weighted by Gasteiger charge is 2.51. The van der Waals surface area contributed by atoms with Crippen LogP contribution < -0.4 is 0 Å². The summed E-state index contributed by atoms with van der Waals surface area (Å²) in [6, 6.07) is 1.59. The zero-order chi connectivity index (χ0) is 21.3. The Morgan fingerprint density at radius 3 is 2.45 bits per heavy atom. The molecule has 10 nitrogen and oxygen atoms in total. The molecule has 0 bridgehead atoms. The van der Waals surface area contributed by atoms with Crippen LogP contribution in [0.2, 0.25) is 5.02 Å². The van der Waals surface area contributed by atoms with Gasteiger partial charge in [0, 0.05) is 20.8 Å². The van der Waals surface area contributed by atoms with Crippen LogP contribution in [0.1, 0.15) is 27.0 Å². The lowest BCUT2D eigenvalue weighted by Crippen LogP contribution is -2.40. The quantitative estimate of drug-likeness (QED) is 0.353. The van der Waals surface area contributed by atoms with Gasteiger partial charge in [0.15, 0.2) is 24.1 Å². The van der Waals surface area contributed by atoms with Gasteiger partial charge in [0.25, 0.3) is 0 Å². The first-order valence-electron chi connectivity index (χ1n) is 8.49. The molecule has 0 aromatic carbocycles. The molecule has 3 rings (SSSR count). The zero-order valence-electron chi connectivity index (χ0n) is 15.6. The van der Waals surface area contributed by atoms with Crippen molar-refractivity contribution in [3.63, 3.8) is 0 Å². The maximum atomic E-state index is 11.7. The van der Waals surface area contributed by atoms with Crippen molar-refractivity contribution in [3.05, 3.63) is 22.0 Å². The molecule has 0 amide bonds. The van der Waals surface area contributed by atoms with Crippen LogP contribution in [0.4, 0.5) is 0 Å². The van der Waals surface area contributed by atoms with Crippen molar-refractivity contribution in [2.24, 2.45) is 0 Å². The SMILES string of the molecule is CC(=O)OC[C@H]1O[C@@H](n2cnc3c(Cl)cc(Br)nc32)[C@H](OC(C)=O)[C@@H]1OC(C)=O. The van der Waals surface area contributed by atoms with E-state index in [1.165, 1.54) is 31.7 Å². The Hall–Kier alpha value is -2.24. The average molecular weight is 491 g/mol. The lowest BCUT2D eigenvalue weighted by Gasteiger charge is -2.23. The second kappa shape index (κ2) is 8.64. The number of rotatable bonds is 5. The second-order valence-corrected chi connectivity index (χ2v) is 7.49. The summed E-state index contributed by atoms with van der Waals surface area (Å²) < 4.78 is 23.7. The van der Waals surface area contributed by atoms with Crippen LogP contribution in [0.5, 0.6) is 0 Å². The van der Waals surface area contributed by atoms with Gasteiger partial charge in [0.1, 0.15) is 22.8 Å². The molecule has 1 aliphatic rings. The first-order chi connectivity index (χ1) is 13.7. The van der Waals surface area contributed by atoms with Crippen LogP contribution in [0.25, 0.3) is 11.2 Å². The summed E-state index contributed by atoms with van der Waals surface area (Å²) in [5.74, 6) is -1.75. The summed E-state index contributed by atoms with van der Waals surface area (Å²) in [7, 11) is 0. The number of aromatic nitrogens is 3. The van der Waals surface area contributed by atoms with E-state index < -0.39 is 42.4 Å². The molecule has 0 N–H and O–H groups in total. The van der Waals surface area contributed by atoms with E-state index in [1.807, 2.05) is 0 Å². The van der Waals surface area contributed by atoms with Gasteiger partial charge in [-0.2, -0.15) is 0 Å². The molecule has 0 spiro atoms. The predicted molar refractivity (Wildman–Crippen MR) is 102 cm³/mol. The van der Waals surface area contributed by atoms with Crippen LogP contribution >= 0.6 is 27.5 Å². The van der Waals surface area contributed by atoms with E-state index in [0.717, 1.165) is 0 Å². The fourth-order valence-corrected chi connectivity index (χ4v) is 3.81. The van der Waals surface area contributed by atoms with Gasteiger partial charge in [-0.25, -0.2) is 9.97 Å². The molecule has 4 atom stereocenters. The summed E-state index contributed by atoms with van der Waals surface area (Å²) in [6.07, 6.45) is -2.45. The Morgan fingerprint density at radius 2 is 1.83 bits per heavy atom. The Labute approximate surface area is 178 Å². The number of nitrogens with zero attached hydrogens (tertiary/aromatic N) is 3. The van der Waals surface area contributed by atoms with E-state index in [9.17, 15) is 14.4 Å². The molecule has 1 saturated heterocycles. The van der Waals surface area contributed by atoms with Gasteiger partial charge < -0.3 is 18.9 Å². The summed E-state index contributed by atoms with van der Waals surface area (Å²) in [5, 5.41) is 0.357. The highest BCUT2D eigenvalue weighted by atomic mass is 79.9. The second-order valence-electron chi connectivity index (χ2n) is 6.27. The van der Waals surface area contributed by atoms with Gasteiger partial charge in [0.05, 0.1) is 11.3 Å². The van der Waals surface area contributed by atoms with Crippen LogP contribution in [0.15, 0.2) is 17.0 Å². The van der Waals surface area contributed by atoms with Gasteiger partial charge in [-0.15, -0.1) is 0 Å². The molecular weight excluding hydrogens is 474 g/mol. The smallest absolute Gasteiger partial charge is 0.303 e. The van der Waals surface area contributed by atoms with E-state index in [4.69, 9.17) is 30.5 Å². The van der Waals surface area contributed by atoms with E-state index in [2.05, 4.69) is 25.9 Å². The Kier molecular flexibility index (Phi) is 6.39. The number of halogens is 2. The molecule has 2 aromatic heterocycles. The molecule has 2 aromatic rings. The lowest BCUT2D eigenvalue weighted by molar-refractivity contribution is -0.166. The molecule has 156 valence electrons. The van der Waals surface area contributed by atoms with Gasteiger partial charge >= 0.3 is 17.9 Å². The first-order valence-corrected chi connectivity index (χ1v) is 9.66. The number of hydrogen-bond acceptors (Lipinski definition) is 9. The maximum Gasteiger partial charge on any atom is 0.303 e. The highest BCUT2D eigenvalue weighted by Crippen LogP contribution is 2.37. The minimum atomic E-state index is -1.03. The monoisotopic (exact) mass is 489 g/mol. The number of carbonyl (C=O) groups excluding carboxylic acids is 3. The lowest BCUT2D eigenvalue weighted by atomic mass is 10.1. The predicted octanol–water partition coefficient (Wildman–Crippen LogP) is 2.17. The van der Waals surface area contributed by atoms with Crippen molar-refractivity contribution in [1.82, 2.24) is 14.5 Å². The van der Waals surface area contributed by atoms with Crippen molar-refractivity contribution in [2.45, 2.75) is 45.3 Å². The Morgan fingerprint density at radius 1 is 1.17 bits per heavy atom. The molecule has 0 aliphatic carbocycles. The van der Waals surface area contributed by atoms with E-state index >= 15 is 0 Å². The van der Waals surface area contributed by atoms with Gasteiger partial charge in [-0.3, -0.25) is 19.0 Å². The standard InChI is InChI=1S/C17H17BrClN3O7/c1-7(23)26-5-11-14(27-8(2)24)15(28-9(3)25)17(29-11)22-6-20-13-10(19)4-12(18)21-16(13)22/h4,6,11,14-15,17H,5H2,1-3H3/t11-,14-,15-,17-/m1/s1. The highest BCUT2D eigenvalue weighted by molar-refractivity contribution is 9.10. The van der Waals surface area contributed by atoms with Crippen LogP contribution in [0, 0.1) is 0 Å². The van der Waals surface area contributed by atoms with E-state index in [1.54, 1.807) is 6.07 Å². The first kappa shape index (κ1) is 21.5. The molecule has 0 saturated carbocycles. The fourth-order valence-electron chi connectivity index (χ4n) is 3.04. The molecule has 1 fully saturated rings. The number of hydrogen-bond donors (Lipinski definition) is 0. The van der Waals surface area contributed by atoms with Crippen molar-refractivity contribution < 1.29 is 33.3 Å². The van der Waals surface area contributed by atoms with Crippen molar-refractivity contribution in [1.29, 1.82) is 0 Å². The normalized spacial score (nSPS) is 23.8. The third-order valence-electron chi connectivity index (χ3n) is 4.07. The molecule has 3 heterocycles. The van der Waals surface area contributed by atoms with Crippen molar-refractivity contribution in [2.75, 3.05) is 6.61 Å². The minimum Gasteiger partial charge on any atom is -0.463 e. The molecular formula is C17H17BrClN3O7. The number of ether oxygens (including phenoxy) is 4. The number of carbonyl (C=O) groups is 3. The number of imidazole rings is 1. The largest absolute Gasteiger partial charge is 0.463 e. The molecule has 0 unspecified atom stereocenters. The molecule has 0 radical (unpaired) electrons. The number of esters is 3. The van der Waals surface area contributed by atoms with Gasteiger partial charge in [0.2, 0.25) is 0 Å². The van der Waals surface area contributed by atoms with Crippen LogP contribution in [-0.2, 0) is 33.3 Å². The summed E-state index contributed by atoms with van der Waals surface area (Å²) in [5.41, 5.74) is 0.772. The number of pyridine rings is 1.